The summed E-state index contributed by atoms with van der Waals surface area (Å²) in [7, 11) is -3.67. The van der Waals surface area contributed by atoms with E-state index >= 15 is 0 Å². The van der Waals surface area contributed by atoms with Crippen molar-refractivity contribution in [3.05, 3.63) is 53.5 Å². The van der Waals surface area contributed by atoms with E-state index in [0.717, 1.165) is 12.2 Å². The van der Waals surface area contributed by atoms with E-state index in [1.165, 1.54) is 22.7 Å². The van der Waals surface area contributed by atoms with Gasteiger partial charge in [0.05, 0.1) is 24.3 Å². The molecule has 0 unspecified atom stereocenters. The highest BCUT2D eigenvalue weighted by atomic mass is 32.2. The first-order valence-electron chi connectivity index (χ1n) is 9.56. The van der Waals surface area contributed by atoms with Gasteiger partial charge in [0.1, 0.15) is 11.5 Å². The molecular formula is C20H23N3O5S. The van der Waals surface area contributed by atoms with Gasteiger partial charge in [0.25, 0.3) is 5.91 Å². The van der Waals surface area contributed by atoms with E-state index in [9.17, 15) is 13.2 Å². The summed E-state index contributed by atoms with van der Waals surface area (Å²) in [6.45, 7) is 3.50. The number of rotatable bonds is 6. The van der Waals surface area contributed by atoms with Crippen molar-refractivity contribution in [1.29, 1.82) is 0 Å². The largest absolute Gasteiger partial charge is 0.460 e. The van der Waals surface area contributed by atoms with Crippen molar-refractivity contribution in [3.63, 3.8) is 0 Å². The predicted molar refractivity (Wildman–Crippen MR) is 106 cm³/mol. The molecule has 1 amide bonds. The van der Waals surface area contributed by atoms with Crippen LogP contribution in [0.1, 0.15) is 41.1 Å². The molecule has 1 aliphatic carbocycles. The molecule has 1 aromatic carbocycles. The maximum Gasteiger partial charge on any atom is 0.271 e. The molecule has 0 bridgehead atoms. The summed E-state index contributed by atoms with van der Waals surface area (Å²) < 4.78 is 37.8. The highest BCUT2D eigenvalue weighted by molar-refractivity contribution is 7.89. The molecule has 2 atom stereocenters. The van der Waals surface area contributed by atoms with Gasteiger partial charge < -0.3 is 9.15 Å². The number of carbonyl (C=O) groups excluding carboxylic acids is 1. The fourth-order valence-electron chi connectivity index (χ4n) is 3.31. The maximum absolute atomic E-state index is 12.7. The number of carbonyl (C=O) groups is 1. The number of hydrogen-bond acceptors (Lipinski definition) is 6. The molecule has 2 heterocycles. The Morgan fingerprint density at radius 1 is 1.24 bits per heavy atom. The lowest BCUT2D eigenvalue weighted by Gasteiger charge is -2.26. The molecule has 2 aromatic rings. The highest BCUT2D eigenvalue weighted by Crippen LogP contribution is 2.47. The normalized spacial score (nSPS) is 22.7. The molecule has 2 aliphatic rings. The molecule has 9 heteroatoms. The van der Waals surface area contributed by atoms with Gasteiger partial charge in [-0.25, -0.2) is 13.8 Å². The van der Waals surface area contributed by atoms with Gasteiger partial charge >= 0.3 is 0 Å². The van der Waals surface area contributed by atoms with E-state index in [4.69, 9.17) is 9.15 Å². The molecule has 1 N–H and O–H groups in total. The standard InChI is InChI=1S/C20H23N3O5S/c1-14-11-18(14)19-6-5-16(28-19)13-21-22-20(24)15-3-2-4-17(12-15)29(25,26)23-7-9-27-10-8-23/h2-6,12-14,18H,7-11H2,1H3,(H,22,24)/b21-13-/t14-,18+/m0/s1. The van der Waals surface area contributed by atoms with Crippen molar-refractivity contribution in [3.8, 4) is 0 Å². The number of nitrogens with zero attached hydrogens (tertiary/aromatic N) is 2. The SMILES string of the molecule is C[C@H]1C[C@H]1c1ccc(/C=N\NC(=O)c2cccc(S(=O)(=O)N3CCOCC3)c2)o1. The van der Waals surface area contributed by atoms with Gasteiger partial charge in [-0.1, -0.05) is 13.0 Å². The summed E-state index contributed by atoms with van der Waals surface area (Å²) in [5, 5.41) is 3.92. The van der Waals surface area contributed by atoms with Crippen molar-refractivity contribution in [1.82, 2.24) is 9.73 Å². The second-order valence-corrected chi connectivity index (χ2v) is 9.24. The van der Waals surface area contributed by atoms with Gasteiger partial charge in [-0.3, -0.25) is 4.79 Å². The number of nitrogens with one attached hydrogen (secondary N) is 1. The number of morpholine rings is 1. The summed E-state index contributed by atoms with van der Waals surface area (Å²) in [5.74, 6) is 2.12. The molecule has 1 saturated carbocycles. The van der Waals surface area contributed by atoms with Crippen LogP contribution in [0.2, 0.25) is 0 Å². The van der Waals surface area contributed by atoms with E-state index in [2.05, 4.69) is 17.5 Å². The third-order valence-electron chi connectivity index (χ3n) is 5.18. The molecule has 1 aromatic heterocycles. The topological polar surface area (TPSA) is 101 Å². The number of amides is 1. The fourth-order valence-corrected chi connectivity index (χ4v) is 4.76. The highest BCUT2D eigenvalue weighted by Gasteiger charge is 2.36. The Kier molecular flexibility index (Phi) is 5.53. The Bertz CT molecular complexity index is 1020. The van der Waals surface area contributed by atoms with Crippen LogP contribution in [0.5, 0.6) is 0 Å². The monoisotopic (exact) mass is 417 g/mol. The average molecular weight is 417 g/mol. The number of furan rings is 1. The molecule has 1 saturated heterocycles. The van der Waals surface area contributed by atoms with Gasteiger partial charge in [-0.05, 0) is 42.7 Å². The fraction of sp³-hybridized carbons (Fsp3) is 0.400. The van der Waals surface area contributed by atoms with E-state index in [0.29, 0.717) is 43.9 Å². The van der Waals surface area contributed by atoms with Crippen molar-refractivity contribution >= 4 is 22.1 Å². The minimum Gasteiger partial charge on any atom is -0.460 e. The minimum atomic E-state index is -3.67. The molecule has 0 spiro atoms. The van der Waals surface area contributed by atoms with Crippen molar-refractivity contribution in [2.45, 2.75) is 24.2 Å². The number of ether oxygens (including phenoxy) is 1. The van der Waals surface area contributed by atoms with Crippen LogP contribution >= 0.6 is 0 Å². The van der Waals surface area contributed by atoms with E-state index in [1.54, 1.807) is 12.1 Å². The van der Waals surface area contributed by atoms with Crippen molar-refractivity contribution in [2.24, 2.45) is 11.0 Å². The zero-order chi connectivity index (χ0) is 20.4. The lowest BCUT2D eigenvalue weighted by Crippen LogP contribution is -2.40. The second kappa shape index (κ2) is 8.10. The average Bonchev–Trinajstić information content (AvgIpc) is 3.28. The number of hydrazone groups is 1. The Morgan fingerprint density at radius 3 is 2.72 bits per heavy atom. The van der Waals surface area contributed by atoms with E-state index in [1.807, 2.05) is 12.1 Å². The molecular weight excluding hydrogens is 394 g/mol. The van der Waals surface area contributed by atoms with Crippen LogP contribution in [-0.2, 0) is 14.8 Å². The molecule has 2 fully saturated rings. The molecule has 4 rings (SSSR count). The Balaban J connectivity index is 1.41. The predicted octanol–water partition coefficient (Wildman–Crippen LogP) is 2.19. The summed E-state index contributed by atoms with van der Waals surface area (Å²) in [6.07, 6.45) is 2.56. The van der Waals surface area contributed by atoms with Gasteiger partial charge in [0.2, 0.25) is 10.0 Å². The second-order valence-electron chi connectivity index (χ2n) is 7.30. The summed E-state index contributed by atoms with van der Waals surface area (Å²) in [4.78, 5) is 12.4. The third kappa shape index (κ3) is 4.42. The summed E-state index contributed by atoms with van der Waals surface area (Å²) in [6, 6.07) is 9.66. The molecule has 29 heavy (non-hydrogen) atoms. The lowest BCUT2D eigenvalue weighted by atomic mass is 10.2. The van der Waals surface area contributed by atoms with Gasteiger partial charge in [-0.2, -0.15) is 9.41 Å². The minimum absolute atomic E-state index is 0.0743. The van der Waals surface area contributed by atoms with Crippen LogP contribution in [0.25, 0.3) is 0 Å². The zero-order valence-corrected chi connectivity index (χ0v) is 16.9. The zero-order valence-electron chi connectivity index (χ0n) is 16.1. The summed E-state index contributed by atoms with van der Waals surface area (Å²) >= 11 is 0. The summed E-state index contributed by atoms with van der Waals surface area (Å²) in [5.41, 5.74) is 2.62. The van der Waals surface area contributed by atoms with Gasteiger partial charge in [0, 0.05) is 24.6 Å². The number of benzene rings is 1. The van der Waals surface area contributed by atoms with Gasteiger partial charge in [0.15, 0.2) is 0 Å². The van der Waals surface area contributed by atoms with E-state index < -0.39 is 15.9 Å². The number of sulfonamides is 1. The quantitative estimate of drug-likeness (QED) is 0.573. The Hall–Kier alpha value is -2.49. The van der Waals surface area contributed by atoms with Gasteiger partial charge in [-0.15, -0.1) is 0 Å². The van der Waals surface area contributed by atoms with Crippen LogP contribution in [0.3, 0.4) is 0 Å². The molecule has 8 nitrogen and oxygen atoms in total. The maximum atomic E-state index is 12.7. The lowest BCUT2D eigenvalue weighted by molar-refractivity contribution is 0.0730. The number of hydrogen-bond donors (Lipinski definition) is 1. The van der Waals surface area contributed by atoms with Crippen molar-refractivity contribution < 1.29 is 22.4 Å². The first-order valence-corrected chi connectivity index (χ1v) is 11.0. The van der Waals surface area contributed by atoms with Crippen LogP contribution in [0, 0.1) is 5.92 Å². The molecule has 1 aliphatic heterocycles. The van der Waals surface area contributed by atoms with Crippen LogP contribution < -0.4 is 5.43 Å². The van der Waals surface area contributed by atoms with Crippen LogP contribution in [0.4, 0.5) is 0 Å². The third-order valence-corrected chi connectivity index (χ3v) is 7.08. The van der Waals surface area contributed by atoms with Crippen LogP contribution in [-0.4, -0.2) is 51.1 Å². The Labute approximate surface area is 169 Å². The van der Waals surface area contributed by atoms with Crippen molar-refractivity contribution in [2.75, 3.05) is 26.3 Å². The first-order chi connectivity index (χ1) is 13.9. The smallest absolute Gasteiger partial charge is 0.271 e. The Morgan fingerprint density at radius 2 is 2.00 bits per heavy atom. The molecule has 0 radical (unpaired) electrons. The first kappa shape index (κ1) is 19.8. The molecule has 154 valence electrons. The van der Waals surface area contributed by atoms with E-state index in [-0.39, 0.29) is 10.5 Å². The van der Waals surface area contributed by atoms with Crippen LogP contribution in [0.15, 0.2) is 50.8 Å².